The van der Waals surface area contributed by atoms with Crippen LogP contribution in [0.25, 0.3) is 0 Å². The number of thiophene rings is 1. The first-order valence-electron chi connectivity index (χ1n) is 5.22. The van der Waals surface area contributed by atoms with Crippen molar-refractivity contribution in [1.82, 2.24) is 0 Å². The Kier molecular flexibility index (Phi) is 4.05. The molecule has 0 spiro atoms. The van der Waals surface area contributed by atoms with Gasteiger partial charge in [-0.15, -0.1) is 11.3 Å². The van der Waals surface area contributed by atoms with Crippen molar-refractivity contribution in [3.05, 3.63) is 19.2 Å². The van der Waals surface area contributed by atoms with Gasteiger partial charge in [0.1, 0.15) is 0 Å². The summed E-state index contributed by atoms with van der Waals surface area (Å²) in [6, 6.07) is 1.76. The molecule has 1 aromatic rings. The normalized spacial score (nSPS) is 23.9. The number of aliphatic carboxylic acids is 1. The number of carboxylic acid groups (broad SMARTS) is 1. The minimum Gasteiger partial charge on any atom is -0.481 e. The molecule has 2 rings (SSSR count). The molecule has 1 aliphatic rings. The zero-order chi connectivity index (χ0) is 12.6. The van der Waals surface area contributed by atoms with Crippen LogP contribution in [-0.2, 0) is 4.79 Å². The molecule has 3 nitrogen and oxygen atoms in total. The maximum Gasteiger partial charge on any atom is 0.307 e. The number of hydrogen-bond donors (Lipinski definition) is 1. The number of ketones is 1. The molecule has 6 heteroatoms. The van der Waals surface area contributed by atoms with E-state index in [0.29, 0.717) is 18.4 Å². The molecular formula is C11H10Br2O3S. The number of carboxylic acids is 1. The molecule has 0 bridgehead atoms. The Morgan fingerprint density at radius 1 is 1.29 bits per heavy atom. The highest BCUT2D eigenvalue weighted by Gasteiger charge is 2.38. The maximum absolute atomic E-state index is 12.3. The molecule has 1 heterocycles. The second-order valence-electron chi connectivity index (χ2n) is 4.08. The summed E-state index contributed by atoms with van der Waals surface area (Å²) in [5, 5.41) is 9.08. The van der Waals surface area contributed by atoms with Gasteiger partial charge in [-0.1, -0.05) is 6.42 Å². The summed E-state index contributed by atoms with van der Waals surface area (Å²) in [6.45, 7) is 0. The predicted octanol–water partition coefficient (Wildman–Crippen LogP) is 3.96. The summed E-state index contributed by atoms with van der Waals surface area (Å²) in [4.78, 5) is 23.4. The van der Waals surface area contributed by atoms with Crippen LogP contribution < -0.4 is 0 Å². The van der Waals surface area contributed by atoms with Crippen molar-refractivity contribution in [3.8, 4) is 0 Å². The Balaban J connectivity index is 2.25. The summed E-state index contributed by atoms with van der Waals surface area (Å²) in [7, 11) is 0. The van der Waals surface area contributed by atoms with Gasteiger partial charge in [-0.25, -0.2) is 0 Å². The molecule has 1 saturated carbocycles. The lowest BCUT2D eigenvalue weighted by Gasteiger charge is -2.13. The molecule has 17 heavy (non-hydrogen) atoms. The standard InChI is InChI=1S/C11H10Br2O3S/c12-8-4-7(10(13)17-8)9(14)5-2-1-3-6(5)11(15)16/h4-6H,1-3H2,(H,15,16). The van der Waals surface area contributed by atoms with Gasteiger partial charge in [-0.2, -0.15) is 0 Å². The van der Waals surface area contributed by atoms with Gasteiger partial charge in [-0.3, -0.25) is 9.59 Å². The van der Waals surface area contributed by atoms with Crippen molar-refractivity contribution >= 4 is 54.9 Å². The lowest BCUT2D eigenvalue weighted by Crippen LogP contribution is -2.25. The average molecular weight is 382 g/mol. The van der Waals surface area contributed by atoms with Gasteiger partial charge >= 0.3 is 5.97 Å². The first-order chi connectivity index (χ1) is 8.00. The number of hydrogen-bond acceptors (Lipinski definition) is 3. The van der Waals surface area contributed by atoms with Crippen molar-refractivity contribution < 1.29 is 14.7 Å². The van der Waals surface area contributed by atoms with E-state index < -0.39 is 11.9 Å². The highest BCUT2D eigenvalue weighted by Crippen LogP contribution is 2.39. The highest BCUT2D eigenvalue weighted by atomic mass is 79.9. The van der Waals surface area contributed by atoms with Crippen LogP contribution in [-0.4, -0.2) is 16.9 Å². The number of carbonyl (C=O) groups excluding carboxylic acids is 1. The van der Waals surface area contributed by atoms with E-state index in [0.717, 1.165) is 14.0 Å². The minimum absolute atomic E-state index is 0.0521. The smallest absolute Gasteiger partial charge is 0.307 e. The predicted molar refractivity (Wildman–Crippen MR) is 72.5 cm³/mol. The Bertz CT molecular complexity index is 469. The van der Waals surface area contributed by atoms with E-state index in [2.05, 4.69) is 31.9 Å². The van der Waals surface area contributed by atoms with Crippen LogP contribution in [0.3, 0.4) is 0 Å². The van der Waals surface area contributed by atoms with E-state index in [1.807, 2.05) is 0 Å². The molecule has 0 amide bonds. The van der Waals surface area contributed by atoms with Crippen molar-refractivity contribution in [2.45, 2.75) is 19.3 Å². The zero-order valence-corrected chi connectivity index (χ0v) is 12.8. The zero-order valence-electron chi connectivity index (χ0n) is 8.78. The monoisotopic (exact) mass is 380 g/mol. The third kappa shape index (κ3) is 2.63. The second kappa shape index (κ2) is 5.20. The average Bonchev–Trinajstić information content (AvgIpc) is 2.83. The fourth-order valence-corrected chi connectivity index (χ4v) is 5.09. The minimum atomic E-state index is -0.855. The molecule has 1 fully saturated rings. The summed E-state index contributed by atoms with van der Waals surface area (Å²) >= 11 is 8.10. The Morgan fingerprint density at radius 2 is 1.94 bits per heavy atom. The summed E-state index contributed by atoms with van der Waals surface area (Å²) in [5.74, 6) is -1.80. The third-order valence-corrected chi connectivity index (χ3v) is 5.43. The SMILES string of the molecule is O=C(O)C1CCCC1C(=O)c1cc(Br)sc1Br. The summed E-state index contributed by atoms with van der Waals surface area (Å²) in [6.07, 6.45) is 2.10. The highest BCUT2D eigenvalue weighted by molar-refractivity contribution is 9.12. The molecular weight excluding hydrogens is 372 g/mol. The van der Waals surface area contributed by atoms with Crippen LogP contribution in [0.2, 0.25) is 0 Å². The molecule has 0 saturated heterocycles. The summed E-state index contributed by atoms with van der Waals surface area (Å²) < 4.78 is 1.64. The van der Waals surface area contributed by atoms with Crippen molar-refractivity contribution in [2.24, 2.45) is 11.8 Å². The van der Waals surface area contributed by atoms with Crippen LogP contribution >= 0.6 is 43.2 Å². The van der Waals surface area contributed by atoms with Gasteiger partial charge in [0.05, 0.1) is 13.5 Å². The molecule has 2 atom stereocenters. The van der Waals surface area contributed by atoms with E-state index >= 15 is 0 Å². The number of carbonyl (C=O) groups is 2. The van der Waals surface area contributed by atoms with E-state index in [9.17, 15) is 9.59 Å². The fraction of sp³-hybridized carbons (Fsp3) is 0.455. The van der Waals surface area contributed by atoms with E-state index in [1.165, 1.54) is 11.3 Å². The Labute approximate surface area is 119 Å². The molecule has 1 aliphatic carbocycles. The van der Waals surface area contributed by atoms with Gasteiger partial charge in [0.25, 0.3) is 0 Å². The fourth-order valence-electron chi connectivity index (χ4n) is 2.28. The van der Waals surface area contributed by atoms with Crippen LogP contribution in [0.5, 0.6) is 0 Å². The van der Waals surface area contributed by atoms with Gasteiger partial charge in [0.2, 0.25) is 0 Å². The van der Waals surface area contributed by atoms with E-state index in [1.54, 1.807) is 6.07 Å². The van der Waals surface area contributed by atoms with Gasteiger partial charge < -0.3 is 5.11 Å². The number of rotatable bonds is 3. The topological polar surface area (TPSA) is 54.4 Å². The van der Waals surface area contributed by atoms with Crippen molar-refractivity contribution in [3.63, 3.8) is 0 Å². The molecule has 0 aliphatic heterocycles. The quantitative estimate of drug-likeness (QED) is 0.806. The molecule has 1 N–H and O–H groups in total. The van der Waals surface area contributed by atoms with Crippen molar-refractivity contribution in [2.75, 3.05) is 0 Å². The lowest BCUT2D eigenvalue weighted by molar-refractivity contribution is -0.142. The Hall–Kier alpha value is -0.200. The number of Topliss-reactive ketones (excluding diaryl/α,β-unsaturated/α-hetero) is 1. The molecule has 1 aromatic heterocycles. The lowest BCUT2D eigenvalue weighted by atomic mass is 9.89. The van der Waals surface area contributed by atoms with Crippen LogP contribution in [0.15, 0.2) is 13.6 Å². The van der Waals surface area contributed by atoms with Gasteiger partial charge in [0, 0.05) is 11.5 Å². The Morgan fingerprint density at radius 3 is 2.47 bits per heavy atom. The van der Waals surface area contributed by atoms with Crippen LogP contribution in [0.1, 0.15) is 29.6 Å². The summed E-state index contributed by atoms with van der Waals surface area (Å²) in [5.41, 5.74) is 0.597. The van der Waals surface area contributed by atoms with Crippen LogP contribution in [0.4, 0.5) is 0 Å². The first kappa shape index (κ1) is 13.2. The second-order valence-corrected chi connectivity index (χ2v) is 7.83. The van der Waals surface area contributed by atoms with Gasteiger partial charge in [0.15, 0.2) is 5.78 Å². The first-order valence-corrected chi connectivity index (χ1v) is 7.63. The largest absolute Gasteiger partial charge is 0.481 e. The van der Waals surface area contributed by atoms with Gasteiger partial charge in [-0.05, 0) is 50.8 Å². The molecule has 0 radical (unpaired) electrons. The molecule has 92 valence electrons. The van der Waals surface area contributed by atoms with Crippen molar-refractivity contribution in [1.29, 1.82) is 0 Å². The number of halogens is 2. The van der Waals surface area contributed by atoms with E-state index in [4.69, 9.17) is 5.11 Å². The van der Waals surface area contributed by atoms with Crippen LogP contribution in [0, 0.1) is 11.8 Å². The molecule has 2 unspecified atom stereocenters. The molecule has 0 aromatic carbocycles. The third-order valence-electron chi connectivity index (χ3n) is 3.09. The maximum atomic E-state index is 12.3. The van der Waals surface area contributed by atoms with E-state index in [-0.39, 0.29) is 11.7 Å².